The van der Waals surface area contributed by atoms with Crippen LogP contribution in [0.25, 0.3) is 22.4 Å². The first-order valence-corrected chi connectivity index (χ1v) is 9.10. The molecule has 156 valence electrons. The summed E-state index contributed by atoms with van der Waals surface area (Å²) in [6.45, 7) is 0. The maximum Gasteiger partial charge on any atom is 0.416 e. The zero-order valence-corrected chi connectivity index (χ0v) is 15.8. The molecular weight excluding hydrogens is 409 g/mol. The second-order valence-electron chi connectivity index (χ2n) is 6.65. The molecule has 0 fully saturated rings. The van der Waals surface area contributed by atoms with E-state index >= 15 is 0 Å². The lowest BCUT2D eigenvalue weighted by Gasteiger charge is -2.05. The molecular formula is C22H15F3N4O2. The lowest BCUT2D eigenvalue weighted by molar-refractivity contribution is -0.137. The van der Waals surface area contributed by atoms with E-state index in [9.17, 15) is 23.1 Å². The van der Waals surface area contributed by atoms with Gasteiger partial charge >= 0.3 is 6.18 Å². The average molecular weight is 424 g/mol. The fraction of sp³-hybridized carbons (Fsp3) is 0.0455. The van der Waals surface area contributed by atoms with Crippen LogP contribution in [0.2, 0.25) is 0 Å². The number of hydrogen-bond acceptors (Lipinski definition) is 4. The molecule has 3 N–H and O–H groups in total. The number of phenolic OH excluding ortho intramolecular Hbond substituents is 1. The van der Waals surface area contributed by atoms with E-state index in [1.807, 2.05) is 0 Å². The van der Waals surface area contributed by atoms with E-state index in [1.165, 1.54) is 18.3 Å². The van der Waals surface area contributed by atoms with Crippen LogP contribution in [0.3, 0.4) is 0 Å². The van der Waals surface area contributed by atoms with Crippen LogP contribution in [0, 0.1) is 0 Å². The highest BCUT2D eigenvalue weighted by atomic mass is 19.4. The van der Waals surface area contributed by atoms with Crippen molar-refractivity contribution in [3.05, 3.63) is 83.4 Å². The third-order valence-electron chi connectivity index (χ3n) is 4.52. The van der Waals surface area contributed by atoms with Gasteiger partial charge in [-0.15, -0.1) is 0 Å². The number of aromatic hydroxyl groups is 1. The summed E-state index contributed by atoms with van der Waals surface area (Å²) in [7, 11) is 0. The summed E-state index contributed by atoms with van der Waals surface area (Å²) in [5.41, 5.74) is 4.04. The van der Waals surface area contributed by atoms with Crippen LogP contribution in [0.5, 0.6) is 5.75 Å². The van der Waals surface area contributed by atoms with Gasteiger partial charge in [0, 0.05) is 5.56 Å². The van der Waals surface area contributed by atoms with E-state index < -0.39 is 17.6 Å². The number of imidazole rings is 1. The minimum Gasteiger partial charge on any atom is -0.507 e. The van der Waals surface area contributed by atoms with Crippen LogP contribution in [0.4, 0.5) is 13.2 Å². The highest BCUT2D eigenvalue weighted by Crippen LogP contribution is 2.29. The number of fused-ring (bicyclic) bond motifs is 1. The van der Waals surface area contributed by atoms with E-state index in [4.69, 9.17) is 0 Å². The SMILES string of the molecule is O=C(N/N=C/c1ccc(C(F)(F)F)cc1)c1ccc2nc(-c3ccccc3O)[nH]c2c1. The van der Waals surface area contributed by atoms with Crippen LogP contribution in [-0.4, -0.2) is 27.2 Å². The molecule has 1 amide bonds. The highest BCUT2D eigenvalue weighted by molar-refractivity contribution is 5.98. The quantitative estimate of drug-likeness (QED) is 0.327. The van der Waals surface area contributed by atoms with Crippen molar-refractivity contribution >= 4 is 23.2 Å². The fourth-order valence-corrected chi connectivity index (χ4v) is 2.94. The maximum absolute atomic E-state index is 12.6. The number of hydrazone groups is 1. The Morgan fingerprint density at radius 2 is 1.81 bits per heavy atom. The number of H-pyrrole nitrogens is 1. The van der Waals surface area contributed by atoms with E-state index in [2.05, 4.69) is 20.5 Å². The topological polar surface area (TPSA) is 90.4 Å². The molecule has 1 heterocycles. The Morgan fingerprint density at radius 1 is 1.06 bits per heavy atom. The molecule has 0 saturated heterocycles. The Labute approximate surface area is 174 Å². The molecule has 0 spiro atoms. The van der Waals surface area contributed by atoms with Gasteiger partial charge in [-0.3, -0.25) is 4.79 Å². The molecule has 6 nitrogen and oxygen atoms in total. The zero-order chi connectivity index (χ0) is 22.0. The number of carbonyl (C=O) groups is 1. The molecule has 31 heavy (non-hydrogen) atoms. The minimum absolute atomic E-state index is 0.0807. The number of benzene rings is 3. The third-order valence-corrected chi connectivity index (χ3v) is 4.52. The second kappa shape index (κ2) is 7.94. The van der Waals surface area contributed by atoms with Crippen molar-refractivity contribution in [2.45, 2.75) is 6.18 Å². The van der Waals surface area contributed by atoms with Crippen LogP contribution in [-0.2, 0) is 6.18 Å². The van der Waals surface area contributed by atoms with Crippen molar-refractivity contribution < 1.29 is 23.1 Å². The third kappa shape index (κ3) is 4.40. The first kappa shape index (κ1) is 20.1. The van der Waals surface area contributed by atoms with Gasteiger partial charge in [0.05, 0.1) is 28.4 Å². The number of nitrogens with one attached hydrogen (secondary N) is 2. The molecule has 9 heteroatoms. The molecule has 0 atom stereocenters. The van der Waals surface area contributed by atoms with E-state index in [0.29, 0.717) is 33.5 Å². The summed E-state index contributed by atoms with van der Waals surface area (Å²) in [6, 6.07) is 16.0. The number of carbonyl (C=O) groups excluding carboxylic acids is 1. The second-order valence-corrected chi connectivity index (χ2v) is 6.65. The number of aromatic nitrogens is 2. The first-order chi connectivity index (χ1) is 14.8. The van der Waals surface area contributed by atoms with Gasteiger partial charge in [0.2, 0.25) is 0 Å². The van der Waals surface area contributed by atoms with Gasteiger partial charge < -0.3 is 10.1 Å². The van der Waals surface area contributed by atoms with Gasteiger partial charge in [-0.2, -0.15) is 18.3 Å². The summed E-state index contributed by atoms with van der Waals surface area (Å²) in [5, 5.41) is 13.8. The average Bonchev–Trinajstić information content (AvgIpc) is 3.17. The molecule has 1 aromatic heterocycles. The number of para-hydroxylation sites is 1. The number of aromatic amines is 1. The first-order valence-electron chi connectivity index (χ1n) is 9.10. The largest absolute Gasteiger partial charge is 0.507 e. The summed E-state index contributed by atoms with van der Waals surface area (Å²) < 4.78 is 37.8. The molecule has 0 aliphatic rings. The fourth-order valence-electron chi connectivity index (χ4n) is 2.94. The molecule has 0 bridgehead atoms. The van der Waals surface area contributed by atoms with Gasteiger partial charge in [-0.05, 0) is 48.0 Å². The summed E-state index contributed by atoms with van der Waals surface area (Å²) >= 11 is 0. The highest BCUT2D eigenvalue weighted by Gasteiger charge is 2.29. The van der Waals surface area contributed by atoms with E-state index in [0.717, 1.165) is 12.1 Å². The van der Waals surface area contributed by atoms with Crippen molar-refractivity contribution in [3.8, 4) is 17.1 Å². The maximum atomic E-state index is 12.6. The van der Waals surface area contributed by atoms with Crippen LogP contribution in [0.15, 0.2) is 71.8 Å². The smallest absolute Gasteiger partial charge is 0.416 e. The van der Waals surface area contributed by atoms with Crippen LogP contribution in [0.1, 0.15) is 21.5 Å². The van der Waals surface area contributed by atoms with E-state index in [1.54, 1.807) is 42.5 Å². The summed E-state index contributed by atoms with van der Waals surface area (Å²) in [6.07, 6.45) is -3.16. The molecule has 0 saturated carbocycles. The number of amides is 1. The van der Waals surface area contributed by atoms with Gasteiger partial charge in [-0.25, -0.2) is 10.4 Å². The normalized spacial score (nSPS) is 11.8. The van der Waals surface area contributed by atoms with Crippen molar-refractivity contribution in [1.82, 2.24) is 15.4 Å². The predicted octanol–water partition coefficient (Wildman–Crippen LogP) is 4.72. The monoisotopic (exact) mass is 424 g/mol. The van der Waals surface area contributed by atoms with Crippen molar-refractivity contribution in [3.63, 3.8) is 0 Å². The Balaban J connectivity index is 1.48. The number of nitrogens with zero attached hydrogens (tertiary/aromatic N) is 2. The number of hydrogen-bond donors (Lipinski definition) is 3. The molecule has 3 aromatic carbocycles. The number of alkyl halides is 3. The number of halogens is 3. The molecule has 0 aliphatic heterocycles. The minimum atomic E-state index is -4.41. The lowest BCUT2D eigenvalue weighted by atomic mass is 10.1. The van der Waals surface area contributed by atoms with Crippen molar-refractivity contribution in [2.24, 2.45) is 5.10 Å². The van der Waals surface area contributed by atoms with Crippen LogP contribution < -0.4 is 5.43 Å². The number of rotatable bonds is 4. The van der Waals surface area contributed by atoms with E-state index in [-0.39, 0.29) is 5.75 Å². The standard InChI is InChI=1S/C22H15F3N4O2/c23-22(24,25)15-8-5-13(6-9-15)12-26-29-21(31)14-7-10-17-18(11-14)28-20(27-17)16-3-1-2-4-19(16)30/h1-12,30H,(H,27,28)(H,29,31)/b26-12+. The Morgan fingerprint density at radius 3 is 2.52 bits per heavy atom. The zero-order valence-electron chi connectivity index (χ0n) is 15.8. The van der Waals surface area contributed by atoms with Gasteiger partial charge in [0.25, 0.3) is 5.91 Å². The molecule has 0 unspecified atom stereocenters. The Kier molecular flexibility index (Phi) is 5.16. The van der Waals surface area contributed by atoms with Crippen molar-refractivity contribution in [1.29, 1.82) is 0 Å². The molecule has 0 aliphatic carbocycles. The molecule has 4 rings (SSSR count). The van der Waals surface area contributed by atoms with Gasteiger partial charge in [0.15, 0.2) is 0 Å². The van der Waals surface area contributed by atoms with Gasteiger partial charge in [0.1, 0.15) is 11.6 Å². The predicted molar refractivity (Wildman–Crippen MR) is 110 cm³/mol. The molecule has 4 aromatic rings. The Hall–Kier alpha value is -4.14. The van der Waals surface area contributed by atoms with Gasteiger partial charge in [-0.1, -0.05) is 24.3 Å². The number of phenols is 1. The molecule has 0 radical (unpaired) electrons. The summed E-state index contributed by atoms with van der Waals surface area (Å²) in [5.74, 6) is 0.0480. The van der Waals surface area contributed by atoms with Crippen molar-refractivity contribution in [2.75, 3.05) is 0 Å². The lowest BCUT2D eigenvalue weighted by Crippen LogP contribution is -2.17. The van der Waals surface area contributed by atoms with Crippen LogP contribution >= 0.6 is 0 Å². The Bertz CT molecular complexity index is 1280. The summed E-state index contributed by atoms with van der Waals surface area (Å²) in [4.78, 5) is 19.8.